The molecule has 0 bridgehead atoms. The molecule has 0 aliphatic rings. The number of nitrogens with one attached hydrogen (secondary N) is 1. The average molecular weight is 451 g/mol. The van der Waals surface area contributed by atoms with Crippen molar-refractivity contribution >= 4 is 23.5 Å². The second kappa shape index (κ2) is 11.6. The fourth-order valence-corrected chi connectivity index (χ4v) is 4.07. The number of aromatic nitrogens is 2. The van der Waals surface area contributed by atoms with E-state index < -0.39 is 0 Å². The van der Waals surface area contributed by atoms with Gasteiger partial charge in [0.25, 0.3) is 5.91 Å². The van der Waals surface area contributed by atoms with E-state index >= 15 is 0 Å². The molecule has 1 heterocycles. The highest BCUT2D eigenvalue weighted by Crippen LogP contribution is 2.26. The highest BCUT2D eigenvalue weighted by molar-refractivity contribution is 7.98. The van der Waals surface area contributed by atoms with Crippen molar-refractivity contribution in [3.8, 4) is 0 Å². The van der Waals surface area contributed by atoms with E-state index in [0.29, 0.717) is 18.7 Å². The fraction of sp³-hybridized carbons (Fsp3) is 0.320. The molecule has 7 heteroatoms. The van der Waals surface area contributed by atoms with Crippen molar-refractivity contribution in [1.82, 2.24) is 15.3 Å². The van der Waals surface area contributed by atoms with Crippen molar-refractivity contribution in [2.75, 3.05) is 32.2 Å². The van der Waals surface area contributed by atoms with Crippen molar-refractivity contribution in [2.45, 2.75) is 31.3 Å². The molecule has 0 saturated carbocycles. The van der Waals surface area contributed by atoms with Crippen LogP contribution in [-0.4, -0.2) is 43.2 Å². The maximum absolute atomic E-state index is 12.1. The Morgan fingerprint density at radius 1 is 1.03 bits per heavy atom. The molecule has 168 valence electrons. The lowest BCUT2D eigenvalue weighted by atomic mass is 10.1. The predicted octanol–water partition coefficient (Wildman–Crippen LogP) is 4.40. The molecule has 0 atom stereocenters. The number of benzene rings is 2. The first kappa shape index (κ1) is 23.8. The summed E-state index contributed by atoms with van der Waals surface area (Å²) in [6.45, 7) is 5.88. The summed E-state index contributed by atoms with van der Waals surface area (Å²) in [5.41, 5.74) is 5.08. The van der Waals surface area contributed by atoms with Gasteiger partial charge in [-0.3, -0.25) is 4.79 Å². The van der Waals surface area contributed by atoms with Gasteiger partial charge >= 0.3 is 0 Å². The lowest BCUT2D eigenvalue weighted by molar-refractivity contribution is 0.0937. The van der Waals surface area contributed by atoms with Gasteiger partial charge in [0.1, 0.15) is 5.82 Å². The van der Waals surface area contributed by atoms with Crippen molar-refractivity contribution in [3.05, 3.63) is 82.5 Å². The molecule has 3 aromatic rings. The summed E-state index contributed by atoms with van der Waals surface area (Å²) in [5, 5.41) is 3.58. The Bertz CT molecular complexity index is 1030. The maximum Gasteiger partial charge on any atom is 0.251 e. The van der Waals surface area contributed by atoms with E-state index in [9.17, 15) is 4.79 Å². The molecule has 1 aromatic heterocycles. The molecule has 0 aliphatic heterocycles. The molecule has 0 radical (unpaired) electrons. The van der Waals surface area contributed by atoms with Crippen molar-refractivity contribution in [3.63, 3.8) is 0 Å². The monoisotopic (exact) mass is 450 g/mol. The molecular weight excluding hydrogens is 420 g/mol. The smallest absolute Gasteiger partial charge is 0.251 e. The van der Waals surface area contributed by atoms with Crippen LogP contribution < -0.4 is 10.2 Å². The summed E-state index contributed by atoms with van der Waals surface area (Å²) in [5.74, 6) is 1.59. The van der Waals surface area contributed by atoms with Crippen LogP contribution in [0.2, 0.25) is 0 Å². The van der Waals surface area contributed by atoms with Crippen LogP contribution >= 0.6 is 11.8 Å². The van der Waals surface area contributed by atoms with Gasteiger partial charge in [-0.1, -0.05) is 54.2 Å². The Labute approximate surface area is 194 Å². The van der Waals surface area contributed by atoms with Crippen molar-refractivity contribution < 1.29 is 9.53 Å². The first-order valence-corrected chi connectivity index (χ1v) is 11.6. The number of hydrogen-bond acceptors (Lipinski definition) is 6. The van der Waals surface area contributed by atoms with E-state index in [1.165, 1.54) is 5.56 Å². The van der Waals surface area contributed by atoms with Gasteiger partial charge in [-0.05, 0) is 37.1 Å². The van der Waals surface area contributed by atoms with Crippen LogP contribution in [0.3, 0.4) is 0 Å². The van der Waals surface area contributed by atoms with Crippen LogP contribution in [-0.2, 0) is 17.0 Å². The second-order valence-electron chi connectivity index (χ2n) is 7.62. The summed E-state index contributed by atoms with van der Waals surface area (Å²) >= 11 is 1.60. The van der Waals surface area contributed by atoms with Gasteiger partial charge in [0, 0.05) is 49.8 Å². The Hall–Kier alpha value is -2.90. The number of nitrogens with zero attached hydrogens (tertiary/aromatic N) is 3. The molecule has 0 unspecified atom stereocenters. The Morgan fingerprint density at radius 2 is 1.75 bits per heavy atom. The van der Waals surface area contributed by atoms with Crippen LogP contribution in [0.4, 0.5) is 5.82 Å². The zero-order valence-corrected chi connectivity index (χ0v) is 19.9. The zero-order valence-electron chi connectivity index (χ0n) is 19.1. The van der Waals surface area contributed by atoms with Gasteiger partial charge in [-0.15, -0.1) is 0 Å². The number of carbonyl (C=O) groups is 1. The lowest BCUT2D eigenvalue weighted by Gasteiger charge is -2.21. The second-order valence-corrected chi connectivity index (χ2v) is 8.56. The molecule has 1 amide bonds. The molecule has 3 rings (SSSR count). The molecular formula is C25H30N4O2S. The van der Waals surface area contributed by atoms with Crippen molar-refractivity contribution in [1.29, 1.82) is 0 Å². The van der Waals surface area contributed by atoms with E-state index in [1.54, 1.807) is 18.9 Å². The molecule has 0 aliphatic carbocycles. The predicted molar refractivity (Wildman–Crippen MR) is 130 cm³/mol. The number of carbonyl (C=O) groups excluding carboxylic acids is 1. The minimum absolute atomic E-state index is 0.0927. The summed E-state index contributed by atoms with van der Waals surface area (Å²) in [4.78, 5) is 23.8. The maximum atomic E-state index is 12.1. The van der Waals surface area contributed by atoms with Gasteiger partial charge in [-0.25, -0.2) is 9.97 Å². The first-order valence-electron chi connectivity index (χ1n) is 10.6. The quantitative estimate of drug-likeness (QED) is 0.281. The number of thioether (sulfide) groups is 1. The molecule has 0 saturated heterocycles. The zero-order chi connectivity index (χ0) is 22.9. The van der Waals surface area contributed by atoms with Gasteiger partial charge in [-0.2, -0.15) is 0 Å². The number of ether oxygens (including phenoxy) is 1. The van der Waals surface area contributed by atoms with E-state index in [-0.39, 0.29) is 5.91 Å². The number of aryl methyl sites for hydroxylation is 1. The third kappa shape index (κ3) is 6.55. The molecule has 1 N–H and O–H groups in total. The standard InChI is InChI=1S/C25H30N4O2S/c1-18-19(2)27-25(28-23(18)29(3)16-20-8-6-5-7-9-20)32-17-21-10-12-22(13-11-21)24(30)26-14-15-31-4/h5-13H,14-17H2,1-4H3,(H,26,30). The summed E-state index contributed by atoms with van der Waals surface area (Å²) in [7, 11) is 3.68. The van der Waals surface area contributed by atoms with E-state index in [4.69, 9.17) is 9.72 Å². The van der Waals surface area contributed by atoms with Gasteiger partial charge in [0.2, 0.25) is 0 Å². The summed E-state index contributed by atoms with van der Waals surface area (Å²) < 4.78 is 4.96. The minimum atomic E-state index is -0.0927. The van der Waals surface area contributed by atoms with Gasteiger partial charge in [0.15, 0.2) is 5.16 Å². The Morgan fingerprint density at radius 3 is 2.44 bits per heavy atom. The largest absolute Gasteiger partial charge is 0.383 e. The topological polar surface area (TPSA) is 67.3 Å². The van der Waals surface area contributed by atoms with Crippen LogP contribution in [0.5, 0.6) is 0 Å². The highest BCUT2D eigenvalue weighted by Gasteiger charge is 2.13. The first-order chi connectivity index (χ1) is 15.5. The normalized spacial score (nSPS) is 10.8. The number of rotatable bonds is 10. The summed E-state index contributed by atoms with van der Waals surface area (Å²) in [6.07, 6.45) is 0. The van der Waals surface area contributed by atoms with E-state index in [2.05, 4.69) is 53.4 Å². The molecule has 0 fully saturated rings. The SMILES string of the molecule is COCCNC(=O)c1ccc(CSc2nc(C)c(C)c(N(C)Cc3ccccc3)n2)cc1. The van der Waals surface area contributed by atoms with E-state index in [0.717, 1.165) is 40.1 Å². The lowest BCUT2D eigenvalue weighted by Crippen LogP contribution is -2.26. The average Bonchev–Trinajstić information content (AvgIpc) is 2.80. The third-order valence-electron chi connectivity index (χ3n) is 5.14. The third-order valence-corrected chi connectivity index (χ3v) is 6.06. The molecule has 6 nitrogen and oxygen atoms in total. The van der Waals surface area contributed by atoms with Crippen LogP contribution in [0, 0.1) is 13.8 Å². The Balaban J connectivity index is 1.64. The van der Waals surface area contributed by atoms with Gasteiger partial charge in [0.05, 0.1) is 6.61 Å². The Kier molecular flexibility index (Phi) is 8.64. The van der Waals surface area contributed by atoms with Crippen molar-refractivity contribution in [2.24, 2.45) is 0 Å². The number of anilines is 1. The summed E-state index contributed by atoms with van der Waals surface area (Å²) in [6, 6.07) is 18.0. The fourth-order valence-electron chi connectivity index (χ4n) is 3.23. The van der Waals surface area contributed by atoms with Gasteiger partial charge < -0.3 is 15.0 Å². The minimum Gasteiger partial charge on any atom is -0.383 e. The molecule has 32 heavy (non-hydrogen) atoms. The van der Waals surface area contributed by atoms with Crippen LogP contribution in [0.25, 0.3) is 0 Å². The number of hydrogen-bond donors (Lipinski definition) is 1. The van der Waals surface area contributed by atoms with Crippen LogP contribution in [0.15, 0.2) is 59.8 Å². The number of methoxy groups -OCH3 is 1. The molecule has 2 aromatic carbocycles. The number of amides is 1. The highest BCUT2D eigenvalue weighted by atomic mass is 32.2. The molecule has 0 spiro atoms. The van der Waals surface area contributed by atoms with Crippen LogP contribution in [0.1, 0.15) is 32.7 Å². The van der Waals surface area contributed by atoms with E-state index in [1.807, 2.05) is 37.3 Å².